The highest BCUT2D eigenvalue weighted by Gasteiger charge is 2.20. The zero-order chi connectivity index (χ0) is 16.1. The monoisotopic (exact) mass is 306 g/mol. The van der Waals surface area contributed by atoms with Gasteiger partial charge in [0, 0.05) is 11.8 Å². The highest BCUT2D eigenvalue weighted by molar-refractivity contribution is 6.05. The lowest BCUT2D eigenvalue weighted by molar-refractivity contribution is -0.135. The highest BCUT2D eigenvalue weighted by Crippen LogP contribution is 2.23. The number of aryl methyl sites for hydroxylation is 1. The number of rotatable bonds is 5. The zero-order valence-corrected chi connectivity index (χ0v) is 12.7. The van der Waals surface area contributed by atoms with Crippen molar-refractivity contribution in [2.75, 3.05) is 0 Å². The van der Waals surface area contributed by atoms with E-state index in [1.54, 1.807) is 0 Å². The van der Waals surface area contributed by atoms with Gasteiger partial charge in [-0.1, -0.05) is 48.5 Å². The van der Waals surface area contributed by atoms with Crippen LogP contribution in [0.4, 0.5) is 5.69 Å². The van der Waals surface area contributed by atoms with Crippen molar-refractivity contribution >= 4 is 23.6 Å². The largest absolute Gasteiger partial charge is 0.481 e. The van der Waals surface area contributed by atoms with Crippen LogP contribution in [-0.2, 0) is 11.2 Å². The number of hydrogen-bond acceptors (Lipinski definition) is 3. The molecule has 1 N–H and O–H groups in total. The van der Waals surface area contributed by atoms with Crippen LogP contribution in [0.3, 0.4) is 0 Å². The van der Waals surface area contributed by atoms with Crippen LogP contribution in [0, 0.1) is 0 Å². The predicted octanol–water partition coefficient (Wildman–Crippen LogP) is 3.67. The maximum atomic E-state index is 11.2. The number of aliphatic imine (C=N–C) groups is 2. The molecule has 0 amide bonds. The Morgan fingerprint density at radius 3 is 2.57 bits per heavy atom. The Hall–Kier alpha value is -2.75. The molecule has 0 aliphatic carbocycles. The van der Waals surface area contributed by atoms with Crippen LogP contribution in [0.25, 0.3) is 0 Å². The molecule has 2 aromatic carbocycles. The molecule has 0 bridgehead atoms. The number of carboxylic acid groups (broad SMARTS) is 1. The molecule has 2 aromatic rings. The fraction of sp³-hybridized carbons (Fsp3) is 0.211. The first-order chi connectivity index (χ1) is 11.2. The summed E-state index contributed by atoms with van der Waals surface area (Å²) in [5.41, 5.74) is 3.56. The molecule has 23 heavy (non-hydrogen) atoms. The van der Waals surface area contributed by atoms with Crippen LogP contribution in [0.5, 0.6) is 0 Å². The van der Waals surface area contributed by atoms with Crippen LogP contribution in [0.1, 0.15) is 24.0 Å². The molecular formula is C19H18N2O2. The molecule has 116 valence electrons. The van der Waals surface area contributed by atoms with Gasteiger partial charge in [0.15, 0.2) is 0 Å². The number of carbonyl (C=O) groups is 1. The molecule has 0 saturated heterocycles. The summed E-state index contributed by atoms with van der Waals surface area (Å²) in [7, 11) is 0. The lowest BCUT2D eigenvalue weighted by Gasteiger charge is -2.13. The summed E-state index contributed by atoms with van der Waals surface area (Å²) in [5.74, 6) is -0.872. The number of nitrogens with zero attached hydrogens (tertiary/aromatic N) is 2. The summed E-state index contributed by atoms with van der Waals surface area (Å²) < 4.78 is 0. The summed E-state index contributed by atoms with van der Waals surface area (Å²) in [6.45, 7) is 0. The molecule has 0 aromatic heterocycles. The molecular weight excluding hydrogens is 288 g/mol. The molecule has 1 atom stereocenters. The summed E-state index contributed by atoms with van der Waals surface area (Å²) in [5, 5.41) is 9.18. The smallest absolute Gasteiger partial charge is 0.309 e. The maximum Gasteiger partial charge on any atom is 0.309 e. The Bertz CT molecular complexity index is 751. The van der Waals surface area contributed by atoms with Crippen LogP contribution in [0.2, 0.25) is 0 Å². The van der Waals surface area contributed by atoms with Crippen LogP contribution in [-0.4, -0.2) is 29.0 Å². The fourth-order valence-electron chi connectivity index (χ4n) is 2.69. The molecule has 3 rings (SSSR count). The number of aliphatic carboxylic acids is 1. The first-order valence-electron chi connectivity index (χ1n) is 7.68. The number of fused-ring (bicyclic) bond motifs is 1. The number of carboxylic acids is 1. The molecule has 4 nitrogen and oxygen atoms in total. The second-order valence-corrected chi connectivity index (χ2v) is 5.55. The Kier molecular flexibility index (Phi) is 4.62. The third-order valence-electron chi connectivity index (χ3n) is 3.86. The van der Waals surface area contributed by atoms with Crippen LogP contribution in [0.15, 0.2) is 64.6 Å². The minimum atomic E-state index is -0.872. The summed E-state index contributed by atoms with van der Waals surface area (Å²) in [4.78, 5) is 20.4. The quantitative estimate of drug-likeness (QED) is 0.916. The molecule has 1 aliphatic rings. The second-order valence-electron chi connectivity index (χ2n) is 5.55. The van der Waals surface area contributed by atoms with Crippen molar-refractivity contribution in [2.24, 2.45) is 9.98 Å². The van der Waals surface area contributed by atoms with Crippen molar-refractivity contribution in [1.82, 2.24) is 0 Å². The van der Waals surface area contributed by atoms with E-state index in [2.05, 4.69) is 22.1 Å². The third-order valence-corrected chi connectivity index (χ3v) is 3.86. The second kappa shape index (κ2) is 7.01. The van der Waals surface area contributed by atoms with E-state index in [1.807, 2.05) is 48.7 Å². The molecule has 0 radical (unpaired) electrons. The molecule has 0 fully saturated rings. The Morgan fingerprint density at radius 1 is 1.04 bits per heavy atom. The Morgan fingerprint density at radius 2 is 1.78 bits per heavy atom. The topological polar surface area (TPSA) is 62.0 Å². The van der Waals surface area contributed by atoms with E-state index in [0.29, 0.717) is 5.71 Å². The zero-order valence-electron chi connectivity index (χ0n) is 12.7. The van der Waals surface area contributed by atoms with Crippen molar-refractivity contribution < 1.29 is 9.90 Å². The van der Waals surface area contributed by atoms with E-state index < -0.39 is 5.97 Å². The normalized spacial score (nSPS) is 16.3. The number of hydrogen-bond donors (Lipinski definition) is 1. The first-order valence-corrected chi connectivity index (χ1v) is 7.68. The van der Waals surface area contributed by atoms with Crippen molar-refractivity contribution in [3.05, 3.63) is 65.7 Å². The lowest BCUT2D eigenvalue weighted by Crippen LogP contribution is -2.22. The first kappa shape index (κ1) is 15.2. The van der Waals surface area contributed by atoms with E-state index >= 15 is 0 Å². The molecule has 1 heterocycles. The van der Waals surface area contributed by atoms with Gasteiger partial charge in [0.2, 0.25) is 0 Å². The van der Waals surface area contributed by atoms with Gasteiger partial charge in [-0.15, -0.1) is 0 Å². The van der Waals surface area contributed by atoms with Gasteiger partial charge < -0.3 is 5.11 Å². The highest BCUT2D eigenvalue weighted by atomic mass is 16.4. The lowest BCUT2D eigenvalue weighted by atomic mass is 10.0. The van der Waals surface area contributed by atoms with E-state index in [-0.39, 0.29) is 12.5 Å². The number of para-hydroxylation sites is 1. The third kappa shape index (κ3) is 3.92. The maximum absolute atomic E-state index is 11.2. The van der Waals surface area contributed by atoms with Gasteiger partial charge >= 0.3 is 5.97 Å². The van der Waals surface area contributed by atoms with Gasteiger partial charge in [0.05, 0.1) is 23.9 Å². The number of benzene rings is 2. The molecule has 0 spiro atoms. The molecule has 4 heteroatoms. The average Bonchev–Trinajstić information content (AvgIpc) is 2.72. The summed E-state index contributed by atoms with van der Waals surface area (Å²) in [6, 6.07) is 17.6. The predicted molar refractivity (Wildman–Crippen MR) is 91.9 cm³/mol. The van der Waals surface area contributed by atoms with Gasteiger partial charge in [-0.25, -0.2) is 0 Å². The van der Waals surface area contributed by atoms with Gasteiger partial charge in [0.25, 0.3) is 0 Å². The van der Waals surface area contributed by atoms with Crippen LogP contribution < -0.4 is 0 Å². The average molecular weight is 306 g/mol. The Balaban J connectivity index is 1.84. The minimum Gasteiger partial charge on any atom is -0.481 e. The Labute approximate surface area is 135 Å². The van der Waals surface area contributed by atoms with Gasteiger partial charge in [-0.3, -0.25) is 14.8 Å². The minimum absolute atomic E-state index is 0.0782. The molecule has 1 aliphatic heterocycles. The standard InChI is InChI=1S/C19H18N2O2/c22-19(23)12-18-17(11-10-14-6-2-1-3-7-14)20-13-15-8-4-5-9-16(15)21-18/h1-9,13,17H,10-12H2,(H,22,23). The molecule has 0 saturated carbocycles. The SMILES string of the molecule is O=C(O)CC1=Nc2ccccc2C=NC1CCc1ccccc1. The van der Waals surface area contributed by atoms with Gasteiger partial charge in [0.1, 0.15) is 0 Å². The summed E-state index contributed by atoms with van der Waals surface area (Å²) >= 11 is 0. The van der Waals surface area contributed by atoms with Gasteiger partial charge in [-0.2, -0.15) is 0 Å². The van der Waals surface area contributed by atoms with E-state index in [1.165, 1.54) is 5.56 Å². The van der Waals surface area contributed by atoms with Crippen molar-refractivity contribution in [3.63, 3.8) is 0 Å². The summed E-state index contributed by atoms with van der Waals surface area (Å²) in [6.07, 6.45) is 3.33. The van der Waals surface area contributed by atoms with Gasteiger partial charge in [-0.05, 0) is 24.5 Å². The van der Waals surface area contributed by atoms with Crippen molar-refractivity contribution in [2.45, 2.75) is 25.3 Å². The van der Waals surface area contributed by atoms with Crippen molar-refractivity contribution in [3.8, 4) is 0 Å². The van der Waals surface area contributed by atoms with Crippen LogP contribution >= 0.6 is 0 Å². The van der Waals surface area contributed by atoms with E-state index in [4.69, 9.17) is 0 Å². The van der Waals surface area contributed by atoms with Crippen molar-refractivity contribution in [1.29, 1.82) is 0 Å². The fourth-order valence-corrected chi connectivity index (χ4v) is 2.69. The van der Waals surface area contributed by atoms with E-state index in [9.17, 15) is 9.90 Å². The molecule has 1 unspecified atom stereocenters. The van der Waals surface area contributed by atoms with E-state index in [0.717, 1.165) is 24.1 Å².